The second-order valence-corrected chi connectivity index (χ2v) is 5.30. The van der Waals surface area contributed by atoms with Gasteiger partial charge in [-0.3, -0.25) is 4.79 Å². The molecule has 8 heteroatoms. The van der Waals surface area contributed by atoms with Crippen LogP contribution in [0, 0.1) is 0 Å². The van der Waals surface area contributed by atoms with Crippen LogP contribution in [0.15, 0.2) is 24.3 Å². The van der Waals surface area contributed by atoms with E-state index >= 15 is 0 Å². The number of hydrogen-bond donors (Lipinski definition) is 2. The Bertz CT molecular complexity index is 582. The molecule has 0 saturated carbocycles. The van der Waals surface area contributed by atoms with Crippen LogP contribution in [-0.2, 0) is 26.9 Å². The van der Waals surface area contributed by atoms with E-state index in [0.29, 0.717) is 19.4 Å². The number of aliphatic carboxylic acids is 1. The summed E-state index contributed by atoms with van der Waals surface area (Å²) in [6.07, 6.45) is -4.23. The molecule has 2 rings (SSSR count). The molecule has 23 heavy (non-hydrogen) atoms. The smallest absolute Gasteiger partial charge is 0.416 e. The topological polar surface area (TPSA) is 75.6 Å². The highest BCUT2D eigenvalue weighted by Crippen LogP contribution is 2.29. The van der Waals surface area contributed by atoms with Gasteiger partial charge in [0.25, 0.3) is 0 Å². The van der Waals surface area contributed by atoms with Gasteiger partial charge in [0, 0.05) is 13.0 Å². The summed E-state index contributed by atoms with van der Waals surface area (Å²) in [6.45, 7) is 0.434. The molecule has 0 radical (unpaired) electrons. The molecule has 1 aromatic rings. The number of carboxylic acid groups (broad SMARTS) is 1. The highest BCUT2D eigenvalue weighted by molar-refractivity contribution is 5.86. The molecule has 1 aliphatic heterocycles. The molecule has 2 atom stereocenters. The predicted molar refractivity (Wildman–Crippen MR) is 73.7 cm³/mol. The molecule has 0 unspecified atom stereocenters. The largest absolute Gasteiger partial charge is 0.480 e. The first-order chi connectivity index (χ1) is 10.8. The molecule has 0 spiro atoms. The molecular formula is C15H16F3NO4. The van der Waals surface area contributed by atoms with Crippen LogP contribution in [0.2, 0.25) is 0 Å². The van der Waals surface area contributed by atoms with Gasteiger partial charge < -0.3 is 15.2 Å². The molecule has 0 aromatic heterocycles. The van der Waals surface area contributed by atoms with Gasteiger partial charge in [0.2, 0.25) is 5.91 Å². The Morgan fingerprint density at radius 3 is 2.70 bits per heavy atom. The lowest BCUT2D eigenvalue weighted by Gasteiger charge is -2.18. The fourth-order valence-corrected chi connectivity index (χ4v) is 2.36. The fraction of sp³-hybridized carbons (Fsp3) is 0.467. The number of carbonyl (C=O) groups is 2. The third kappa shape index (κ3) is 4.69. The van der Waals surface area contributed by atoms with Gasteiger partial charge in [-0.1, -0.05) is 18.2 Å². The summed E-state index contributed by atoms with van der Waals surface area (Å²) in [6, 6.07) is 3.08. The number of hydrogen-bond acceptors (Lipinski definition) is 3. The van der Waals surface area contributed by atoms with E-state index in [1.807, 2.05) is 0 Å². The number of alkyl halides is 3. The second-order valence-electron chi connectivity index (χ2n) is 5.30. The average molecular weight is 331 g/mol. The van der Waals surface area contributed by atoms with Gasteiger partial charge in [-0.2, -0.15) is 13.2 Å². The highest BCUT2D eigenvalue weighted by atomic mass is 19.4. The van der Waals surface area contributed by atoms with Gasteiger partial charge in [0.15, 0.2) is 0 Å². The number of carboxylic acids is 1. The van der Waals surface area contributed by atoms with Crippen LogP contribution >= 0.6 is 0 Å². The van der Waals surface area contributed by atoms with E-state index in [9.17, 15) is 27.9 Å². The monoisotopic (exact) mass is 331 g/mol. The van der Waals surface area contributed by atoms with Crippen molar-refractivity contribution in [3.05, 3.63) is 35.4 Å². The van der Waals surface area contributed by atoms with Crippen molar-refractivity contribution in [2.24, 2.45) is 0 Å². The molecule has 1 amide bonds. The van der Waals surface area contributed by atoms with Crippen molar-refractivity contribution in [3.8, 4) is 0 Å². The Hall–Kier alpha value is -2.09. The van der Waals surface area contributed by atoms with Gasteiger partial charge in [0.05, 0.1) is 5.56 Å². The number of carbonyl (C=O) groups excluding carboxylic acids is 1. The molecule has 126 valence electrons. The highest BCUT2D eigenvalue weighted by Gasteiger charge is 2.31. The van der Waals surface area contributed by atoms with Crippen molar-refractivity contribution in [2.45, 2.75) is 37.6 Å². The van der Waals surface area contributed by atoms with Crippen LogP contribution in [0.5, 0.6) is 0 Å². The maximum atomic E-state index is 12.7. The van der Waals surface area contributed by atoms with Crippen molar-refractivity contribution in [1.82, 2.24) is 5.32 Å². The van der Waals surface area contributed by atoms with Crippen LogP contribution < -0.4 is 5.32 Å². The van der Waals surface area contributed by atoms with Crippen LogP contribution in [-0.4, -0.2) is 35.7 Å². The number of ether oxygens (including phenoxy) is 1. The molecule has 1 fully saturated rings. The first kappa shape index (κ1) is 17.3. The second kappa shape index (κ2) is 6.99. The lowest BCUT2D eigenvalue weighted by molar-refractivity contribution is -0.143. The molecule has 1 saturated heterocycles. The van der Waals surface area contributed by atoms with Crippen molar-refractivity contribution >= 4 is 11.9 Å². The summed E-state index contributed by atoms with van der Waals surface area (Å²) in [5, 5.41) is 11.5. The van der Waals surface area contributed by atoms with Gasteiger partial charge in [-0.15, -0.1) is 0 Å². The van der Waals surface area contributed by atoms with E-state index in [1.165, 1.54) is 12.1 Å². The minimum absolute atomic E-state index is 0.180. The molecule has 2 N–H and O–H groups in total. The number of nitrogens with one attached hydrogen (secondary N) is 1. The Labute approximate surface area is 130 Å². The predicted octanol–water partition coefficient (Wildman–Crippen LogP) is 2.00. The first-order valence-corrected chi connectivity index (χ1v) is 7.08. The van der Waals surface area contributed by atoms with E-state index in [2.05, 4.69) is 5.32 Å². The first-order valence-electron chi connectivity index (χ1n) is 7.08. The number of halogens is 3. The van der Waals surface area contributed by atoms with Crippen molar-refractivity contribution in [2.75, 3.05) is 6.61 Å². The molecular weight excluding hydrogens is 315 g/mol. The number of rotatable bonds is 5. The van der Waals surface area contributed by atoms with Crippen molar-refractivity contribution in [3.63, 3.8) is 0 Å². The lowest BCUT2D eigenvalue weighted by atomic mass is 10.0. The summed E-state index contributed by atoms with van der Waals surface area (Å²) in [7, 11) is 0. The average Bonchev–Trinajstić information content (AvgIpc) is 3.00. The summed E-state index contributed by atoms with van der Waals surface area (Å²) in [5.74, 6) is -1.87. The van der Waals surface area contributed by atoms with Crippen LogP contribution in [0.3, 0.4) is 0 Å². The van der Waals surface area contributed by atoms with Gasteiger partial charge >= 0.3 is 12.1 Å². The minimum Gasteiger partial charge on any atom is -0.480 e. The Morgan fingerprint density at radius 2 is 2.13 bits per heavy atom. The molecule has 5 nitrogen and oxygen atoms in total. The summed E-state index contributed by atoms with van der Waals surface area (Å²) >= 11 is 0. The van der Waals surface area contributed by atoms with E-state index < -0.39 is 35.8 Å². The summed E-state index contributed by atoms with van der Waals surface area (Å²) in [4.78, 5) is 23.2. The van der Waals surface area contributed by atoms with Crippen molar-refractivity contribution < 1.29 is 32.6 Å². The summed E-state index contributed by atoms with van der Waals surface area (Å²) in [5.41, 5.74) is -0.676. The summed E-state index contributed by atoms with van der Waals surface area (Å²) < 4.78 is 43.2. The molecule has 1 aliphatic rings. The zero-order valence-corrected chi connectivity index (χ0v) is 12.1. The quantitative estimate of drug-likeness (QED) is 0.865. The standard InChI is InChI=1S/C15H16F3NO4/c16-15(17,18)10-4-1-3-9(7-10)8-11(14(21)22)19-13(20)12-5-2-6-23-12/h1,3-4,7,11-12H,2,5-6,8H2,(H,19,20)(H,21,22)/t11-,12+/m0/s1. The molecule has 0 bridgehead atoms. The van der Waals surface area contributed by atoms with E-state index in [0.717, 1.165) is 12.1 Å². The van der Waals surface area contributed by atoms with Crippen LogP contribution in [0.4, 0.5) is 13.2 Å². The van der Waals surface area contributed by atoms with Crippen molar-refractivity contribution in [1.29, 1.82) is 0 Å². The van der Waals surface area contributed by atoms with E-state index in [1.54, 1.807) is 0 Å². The van der Waals surface area contributed by atoms with Gasteiger partial charge in [0.1, 0.15) is 12.1 Å². The Morgan fingerprint density at radius 1 is 1.39 bits per heavy atom. The molecule has 1 heterocycles. The molecule has 1 aromatic carbocycles. The Balaban J connectivity index is 2.07. The number of benzene rings is 1. The van der Waals surface area contributed by atoms with Crippen LogP contribution in [0.1, 0.15) is 24.0 Å². The minimum atomic E-state index is -4.50. The maximum absolute atomic E-state index is 12.7. The van der Waals surface area contributed by atoms with Crippen LogP contribution in [0.25, 0.3) is 0 Å². The SMILES string of the molecule is O=C(O)[C@H](Cc1cccc(C(F)(F)F)c1)NC(=O)[C@H]1CCCO1. The lowest BCUT2D eigenvalue weighted by Crippen LogP contribution is -2.46. The van der Waals surface area contributed by atoms with Gasteiger partial charge in [-0.25, -0.2) is 4.79 Å². The van der Waals surface area contributed by atoms with Gasteiger partial charge in [-0.05, 0) is 24.5 Å². The fourth-order valence-electron chi connectivity index (χ4n) is 2.36. The maximum Gasteiger partial charge on any atom is 0.416 e. The molecule has 0 aliphatic carbocycles. The zero-order valence-electron chi connectivity index (χ0n) is 12.1. The normalized spacial score (nSPS) is 19.3. The number of amides is 1. The van der Waals surface area contributed by atoms with E-state index in [-0.39, 0.29) is 12.0 Å². The van der Waals surface area contributed by atoms with E-state index in [4.69, 9.17) is 4.74 Å². The Kier molecular flexibility index (Phi) is 5.25. The third-order valence-electron chi connectivity index (χ3n) is 3.53. The zero-order chi connectivity index (χ0) is 17.0. The third-order valence-corrected chi connectivity index (χ3v) is 3.53.